The number of benzene rings is 1. The molecule has 0 atom stereocenters. The van der Waals surface area contributed by atoms with Gasteiger partial charge in [-0.3, -0.25) is 4.79 Å². The summed E-state index contributed by atoms with van der Waals surface area (Å²) in [6, 6.07) is 5.81. The fraction of sp³-hybridized carbons (Fsp3) is 0.533. The van der Waals surface area contributed by atoms with Crippen molar-refractivity contribution in [3.8, 4) is 0 Å². The van der Waals surface area contributed by atoms with Gasteiger partial charge >= 0.3 is 0 Å². The van der Waals surface area contributed by atoms with Crippen molar-refractivity contribution < 1.29 is 14.3 Å². The number of nitrogens with one attached hydrogen (secondary N) is 1. The molecular weight excluding hydrogens is 242 g/mol. The highest BCUT2D eigenvalue weighted by atomic mass is 16.7. The predicted molar refractivity (Wildman–Crippen MR) is 70.7 cm³/mol. The third-order valence-electron chi connectivity index (χ3n) is 4.34. The summed E-state index contributed by atoms with van der Waals surface area (Å²) in [5, 5.41) is 2.81. The van der Waals surface area contributed by atoms with E-state index in [0.717, 1.165) is 16.7 Å². The molecular formula is C15H19NO3. The van der Waals surface area contributed by atoms with Crippen LogP contribution in [0.1, 0.15) is 55.5 Å². The Balaban J connectivity index is 1.93. The van der Waals surface area contributed by atoms with Crippen LogP contribution in [0.5, 0.6) is 0 Å². The van der Waals surface area contributed by atoms with E-state index in [0.29, 0.717) is 6.54 Å². The van der Waals surface area contributed by atoms with E-state index >= 15 is 0 Å². The molecule has 0 bridgehead atoms. The van der Waals surface area contributed by atoms with Crippen LogP contribution in [0, 0.1) is 0 Å². The van der Waals surface area contributed by atoms with Crippen molar-refractivity contribution >= 4 is 5.91 Å². The predicted octanol–water partition coefficient (Wildman–Crippen LogP) is 2.53. The van der Waals surface area contributed by atoms with Gasteiger partial charge in [-0.15, -0.1) is 0 Å². The van der Waals surface area contributed by atoms with Crippen molar-refractivity contribution in [1.82, 2.24) is 5.32 Å². The number of hydrogen-bond acceptors (Lipinski definition) is 3. The topological polar surface area (TPSA) is 47.6 Å². The second-order valence-electron chi connectivity index (χ2n) is 6.19. The number of carbonyl (C=O) groups is 1. The average Bonchev–Trinajstić information content (AvgIpc) is 2.78. The van der Waals surface area contributed by atoms with E-state index in [-0.39, 0.29) is 17.1 Å². The fourth-order valence-electron chi connectivity index (χ4n) is 2.36. The van der Waals surface area contributed by atoms with E-state index < -0.39 is 6.29 Å². The maximum absolute atomic E-state index is 11.7. The van der Waals surface area contributed by atoms with Gasteiger partial charge in [0.2, 0.25) is 0 Å². The molecule has 102 valence electrons. The van der Waals surface area contributed by atoms with E-state index in [9.17, 15) is 4.79 Å². The SMILES string of the molecule is CC1(C)OC(c2ccc3c(c2)C(=O)NC3)OC1(C)C. The summed E-state index contributed by atoms with van der Waals surface area (Å²) in [5.41, 5.74) is 1.93. The van der Waals surface area contributed by atoms with E-state index in [1.165, 1.54) is 0 Å². The summed E-state index contributed by atoms with van der Waals surface area (Å²) < 4.78 is 12.0. The van der Waals surface area contributed by atoms with Gasteiger partial charge < -0.3 is 14.8 Å². The Morgan fingerprint density at radius 3 is 2.42 bits per heavy atom. The zero-order chi connectivity index (χ0) is 13.8. The van der Waals surface area contributed by atoms with Crippen LogP contribution >= 0.6 is 0 Å². The van der Waals surface area contributed by atoms with Gasteiger partial charge in [0.05, 0.1) is 11.2 Å². The maximum atomic E-state index is 11.7. The zero-order valence-corrected chi connectivity index (χ0v) is 11.7. The minimum absolute atomic E-state index is 0.0200. The van der Waals surface area contributed by atoms with E-state index in [1.807, 2.05) is 45.9 Å². The molecule has 1 aromatic carbocycles. The van der Waals surface area contributed by atoms with E-state index in [1.54, 1.807) is 0 Å². The lowest BCUT2D eigenvalue weighted by Crippen LogP contribution is -2.41. The van der Waals surface area contributed by atoms with E-state index in [4.69, 9.17) is 9.47 Å². The van der Waals surface area contributed by atoms with Gasteiger partial charge in [-0.2, -0.15) is 0 Å². The van der Waals surface area contributed by atoms with Crippen LogP contribution in [0.15, 0.2) is 18.2 Å². The van der Waals surface area contributed by atoms with Gasteiger partial charge in [0.15, 0.2) is 6.29 Å². The van der Waals surface area contributed by atoms with Crippen molar-refractivity contribution in [3.63, 3.8) is 0 Å². The second kappa shape index (κ2) is 3.81. The number of ether oxygens (including phenoxy) is 2. The van der Waals surface area contributed by atoms with Crippen LogP contribution in [-0.2, 0) is 16.0 Å². The molecule has 1 saturated heterocycles. The van der Waals surface area contributed by atoms with Crippen molar-refractivity contribution in [3.05, 3.63) is 34.9 Å². The molecule has 1 amide bonds. The lowest BCUT2D eigenvalue weighted by molar-refractivity contribution is -0.0895. The van der Waals surface area contributed by atoms with Crippen molar-refractivity contribution in [1.29, 1.82) is 0 Å². The van der Waals surface area contributed by atoms with Gasteiger partial charge in [0.25, 0.3) is 5.91 Å². The molecule has 1 aromatic rings. The number of rotatable bonds is 1. The molecule has 2 aliphatic heterocycles. The molecule has 2 heterocycles. The van der Waals surface area contributed by atoms with Crippen LogP contribution in [0.25, 0.3) is 0 Å². The third kappa shape index (κ3) is 1.86. The van der Waals surface area contributed by atoms with Crippen LogP contribution < -0.4 is 5.32 Å². The standard InChI is InChI=1S/C15H19NO3/c1-14(2)15(3,4)19-13(18-14)9-5-6-10-8-16-12(17)11(10)7-9/h5-7,13H,8H2,1-4H3,(H,16,17). The molecule has 0 aromatic heterocycles. The lowest BCUT2D eigenvalue weighted by atomic mass is 9.90. The largest absolute Gasteiger partial charge is 0.348 e. The average molecular weight is 261 g/mol. The maximum Gasteiger partial charge on any atom is 0.251 e. The smallest absolute Gasteiger partial charge is 0.251 e. The van der Waals surface area contributed by atoms with Gasteiger partial charge in [0.1, 0.15) is 0 Å². The molecule has 4 heteroatoms. The third-order valence-corrected chi connectivity index (χ3v) is 4.34. The highest BCUT2D eigenvalue weighted by Crippen LogP contribution is 2.44. The van der Waals surface area contributed by atoms with Crippen LogP contribution in [0.4, 0.5) is 0 Å². The summed E-state index contributed by atoms with van der Waals surface area (Å²) in [7, 11) is 0. The highest BCUT2D eigenvalue weighted by Gasteiger charge is 2.49. The first-order valence-electron chi connectivity index (χ1n) is 6.57. The number of carbonyl (C=O) groups excluding carboxylic acids is 1. The Labute approximate surface area is 113 Å². The summed E-state index contributed by atoms with van der Waals surface area (Å²) in [6.45, 7) is 8.69. The lowest BCUT2D eigenvalue weighted by Gasteiger charge is -2.30. The number of fused-ring (bicyclic) bond motifs is 1. The molecule has 0 unspecified atom stereocenters. The van der Waals surface area contributed by atoms with E-state index in [2.05, 4.69) is 5.32 Å². The Kier molecular flexibility index (Phi) is 2.53. The minimum Gasteiger partial charge on any atom is -0.348 e. The molecule has 19 heavy (non-hydrogen) atoms. The van der Waals surface area contributed by atoms with Gasteiger partial charge in [-0.05, 0) is 39.3 Å². The van der Waals surface area contributed by atoms with Gasteiger partial charge in [-0.25, -0.2) is 0 Å². The Morgan fingerprint density at radius 2 is 1.79 bits per heavy atom. The Morgan fingerprint density at radius 1 is 1.16 bits per heavy atom. The first-order valence-corrected chi connectivity index (χ1v) is 6.57. The number of hydrogen-bond donors (Lipinski definition) is 1. The molecule has 0 spiro atoms. The van der Waals surface area contributed by atoms with Crippen molar-refractivity contribution in [2.45, 2.75) is 51.7 Å². The Hall–Kier alpha value is -1.39. The zero-order valence-electron chi connectivity index (χ0n) is 11.7. The van der Waals surface area contributed by atoms with Crippen LogP contribution in [0.2, 0.25) is 0 Å². The number of amides is 1. The first-order chi connectivity index (χ1) is 8.80. The van der Waals surface area contributed by atoms with Gasteiger partial charge in [0, 0.05) is 17.7 Å². The summed E-state index contributed by atoms with van der Waals surface area (Å²) in [6.07, 6.45) is -0.413. The van der Waals surface area contributed by atoms with Crippen LogP contribution in [0.3, 0.4) is 0 Å². The minimum atomic E-state index is -0.413. The highest BCUT2D eigenvalue weighted by molar-refractivity contribution is 5.98. The Bertz CT molecular complexity index is 532. The first kappa shape index (κ1) is 12.6. The molecule has 4 nitrogen and oxygen atoms in total. The summed E-state index contributed by atoms with van der Waals surface area (Å²) in [4.78, 5) is 11.7. The molecule has 2 aliphatic rings. The van der Waals surface area contributed by atoms with Crippen molar-refractivity contribution in [2.75, 3.05) is 0 Å². The fourth-order valence-corrected chi connectivity index (χ4v) is 2.36. The molecule has 0 saturated carbocycles. The molecule has 3 rings (SSSR count). The van der Waals surface area contributed by atoms with Gasteiger partial charge in [-0.1, -0.05) is 12.1 Å². The summed E-state index contributed by atoms with van der Waals surface area (Å²) >= 11 is 0. The molecule has 0 radical (unpaired) electrons. The van der Waals surface area contributed by atoms with Crippen LogP contribution in [-0.4, -0.2) is 17.1 Å². The monoisotopic (exact) mass is 261 g/mol. The van der Waals surface area contributed by atoms with Crippen molar-refractivity contribution in [2.24, 2.45) is 0 Å². The summed E-state index contributed by atoms with van der Waals surface area (Å²) in [5.74, 6) is -0.0200. The molecule has 1 fully saturated rings. The quantitative estimate of drug-likeness (QED) is 0.845. The molecule has 0 aliphatic carbocycles. The second-order valence-corrected chi connectivity index (χ2v) is 6.19. The molecule has 1 N–H and O–H groups in total. The normalized spacial score (nSPS) is 24.3.